The van der Waals surface area contributed by atoms with Gasteiger partial charge in [0, 0.05) is 32.1 Å². The number of aliphatic hydroxyl groups is 1. The summed E-state index contributed by atoms with van der Waals surface area (Å²) in [5.41, 5.74) is 37.7. The van der Waals surface area contributed by atoms with Gasteiger partial charge in [0.15, 0.2) is 17.6 Å². The van der Waals surface area contributed by atoms with Gasteiger partial charge in [0.1, 0.15) is 47.8 Å². The Labute approximate surface area is 437 Å². The van der Waals surface area contributed by atoms with Gasteiger partial charge in [0.05, 0.1) is 18.7 Å². The lowest BCUT2D eigenvalue weighted by molar-refractivity contribution is -0.142. The molecule has 0 saturated carbocycles. The number of hydrogen-bond acceptors (Lipinski definition) is 16. The van der Waals surface area contributed by atoms with Crippen LogP contribution in [0.25, 0.3) is 0 Å². The number of nitrogens with zero attached hydrogens (tertiary/aromatic N) is 2. The first kappa shape index (κ1) is 65.1. The van der Waals surface area contributed by atoms with Crippen LogP contribution in [0.4, 0.5) is 13.2 Å². The van der Waals surface area contributed by atoms with Gasteiger partial charge in [0.25, 0.3) is 0 Å². The van der Waals surface area contributed by atoms with Crippen molar-refractivity contribution < 1.29 is 66.5 Å². The number of carboxylic acids is 1. The Bertz CT molecular complexity index is 2220. The number of carboxylic acid groups (broad SMARTS) is 1. The van der Waals surface area contributed by atoms with Crippen LogP contribution in [0.5, 0.6) is 0 Å². The average molecular weight is 1090 g/mol. The Balaban J connectivity index is 2.31. The molecule has 0 spiro atoms. The normalized spacial score (nSPS) is 16.1. The van der Waals surface area contributed by atoms with Gasteiger partial charge >= 0.3 is 5.97 Å². The lowest BCUT2D eigenvalue weighted by Crippen LogP contribution is -2.60. The number of aliphatic hydroxyl groups excluding tert-OH is 1. The zero-order valence-corrected chi connectivity index (χ0v) is 42.4. The van der Waals surface area contributed by atoms with Crippen LogP contribution in [0.3, 0.4) is 0 Å². The van der Waals surface area contributed by atoms with Gasteiger partial charge in [-0.3, -0.25) is 43.3 Å². The van der Waals surface area contributed by atoms with E-state index in [1.54, 1.807) is 0 Å². The van der Waals surface area contributed by atoms with Crippen molar-refractivity contribution in [3.8, 4) is 0 Å². The molecule has 1 aliphatic heterocycles. The smallest absolute Gasteiger partial charge is 0.352 e. The second-order valence-corrected chi connectivity index (χ2v) is 17.8. The Hall–Kier alpha value is -6.99. The van der Waals surface area contributed by atoms with Crippen molar-refractivity contribution in [3.63, 3.8) is 0 Å². The van der Waals surface area contributed by atoms with E-state index in [0.29, 0.717) is 31.9 Å². The van der Waals surface area contributed by atoms with Gasteiger partial charge in [-0.1, -0.05) is 12.5 Å². The number of halogens is 3. The molecule has 0 bridgehead atoms. The summed E-state index contributed by atoms with van der Waals surface area (Å²) in [6.45, 7) is 0.618. The van der Waals surface area contributed by atoms with E-state index < -0.39 is 150 Å². The number of benzene rings is 1. The van der Waals surface area contributed by atoms with Gasteiger partial charge in [0.2, 0.25) is 47.3 Å². The van der Waals surface area contributed by atoms with Crippen molar-refractivity contribution in [2.45, 2.75) is 132 Å². The van der Waals surface area contributed by atoms with Crippen molar-refractivity contribution in [1.29, 1.82) is 0 Å². The lowest BCUT2D eigenvalue weighted by Gasteiger charge is -2.30. The maximum absolute atomic E-state index is 15.1. The molecule has 1 aromatic rings. The van der Waals surface area contributed by atoms with E-state index >= 15 is 4.39 Å². The fourth-order valence-corrected chi connectivity index (χ4v) is 7.66. The number of aliphatic carboxylic acids is 1. The predicted molar refractivity (Wildman–Crippen MR) is 269 cm³/mol. The SMILES string of the molecule is C[C@H](NC(=O)[C@@H](NC(=O)[C@@H](N)CCCCN)[C@@H](O)CN)C(=O)NCC(=O)N[C@H](CCCN)C(=O)N1CCC[C@H]1C(=O)N[C@@H](Cc1cc(F)c(F)cc1F)C(=O)N[C@@H](CCCCN)C(=O)N/C(=C\CCN=C(N)N)C(=O)O. The number of amides is 8. The Kier molecular flexibility index (Phi) is 29.0. The summed E-state index contributed by atoms with van der Waals surface area (Å²) in [4.78, 5) is 125. The number of carbonyl (C=O) groups is 9. The molecule has 1 saturated heterocycles. The van der Waals surface area contributed by atoms with Crippen molar-refractivity contribution in [2.75, 3.05) is 45.8 Å². The molecule has 426 valence electrons. The van der Waals surface area contributed by atoms with E-state index in [-0.39, 0.29) is 89.6 Å². The Morgan fingerprint density at radius 2 is 1.38 bits per heavy atom. The number of likely N-dealkylation sites (tertiary alicyclic amines) is 1. The van der Waals surface area contributed by atoms with Crippen molar-refractivity contribution >= 4 is 59.2 Å². The minimum absolute atomic E-state index is 0.00865. The summed E-state index contributed by atoms with van der Waals surface area (Å²) in [7, 11) is 0. The first-order valence-electron chi connectivity index (χ1n) is 24.8. The molecule has 76 heavy (non-hydrogen) atoms. The third-order valence-corrected chi connectivity index (χ3v) is 11.8. The number of nitrogens with two attached hydrogens (primary N) is 7. The zero-order chi connectivity index (χ0) is 57.1. The van der Waals surface area contributed by atoms with Crippen LogP contribution in [-0.4, -0.2) is 169 Å². The number of carbonyl (C=O) groups excluding carboxylic acids is 8. The molecule has 30 heteroatoms. The van der Waals surface area contributed by atoms with Crippen LogP contribution < -0.4 is 77.4 Å². The summed E-state index contributed by atoms with van der Waals surface area (Å²) < 4.78 is 43.6. The van der Waals surface area contributed by atoms with Gasteiger partial charge in [-0.25, -0.2) is 18.0 Å². The minimum Gasteiger partial charge on any atom is -0.477 e. The van der Waals surface area contributed by atoms with Crippen LogP contribution in [0.2, 0.25) is 0 Å². The lowest BCUT2D eigenvalue weighted by atomic mass is 10.0. The first-order chi connectivity index (χ1) is 36.0. The van der Waals surface area contributed by atoms with Crippen LogP contribution in [0.1, 0.15) is 83.1 Å². The number of guanidine groups is 1. The second-order valence-electron chi connectivity index (χ2n) is 17.8. The van der Waals surface area contributed by atoms with E-state index in [1.165, 1.54) is 6.92 Å². The van der Waals surface area contributed by atoms with Crippen molar-refractivity contribution in [1.82, 2.24) is 42.1 Å². The first-order valence-corrected chi connectivity index (χ1v) is 24.8. The second kappa shape index (κ2) is 33.8. The van der Waals surface area contributed by atoms with E-state index in [0.717, 1.165) is 11.0 Å². The summed E-state index contributed by atoms with van der Waals surface area (Å²) in [5.74, 6) is -13.6. The molecular formula is C46H75F3N16O11. The topological polar surface area (TPSA) is 476 Å². The third kappa shape index (κ3) is 22.1. The largest absolute Gasteiger partial charge is 0.477 e. The molecule has 1 aliphatic rings. The molecule has 1 fully saturated rings. The highest BCUT2D eigenvalue weighted by molar-refractivity contribution is 5.99. The average Bonchev–Trinajstić information content (AvgIpc) is 3.87. The number of unbranched alkanes of at least 4 members (excludes halogenated alkanes) is 2. The van der Waals surface area contributed by atoms with Crippen molar-refractivity contribution in [3.05, 3.63) is 46.9 Å². The molecule has 23 N–H and O–H groups in total. The van der Waals surface area contributed by atoms with Gasteiger partial charge in [-0.05, 0) is 102 Å². The van der Waals surface area contributed by atoms with Gasteiger partial charge in [-0.2, -0.15) is 0 Å². The molecule has 1 aromatic carbocycles. The van der Waals surface area contributed by atoms with E-state index in [4.69, 9.17) is 40.1 Å². The fraction of sp³-hybridized carbons (Fsp3) is 0.609. The molecule has 0 radical (unpaired) electrons. The molecule has 8 atom stereocenters. The molecule has 2 rings (SSSR count). The quantitative estimate of drug-likeness (QED) is 0.0101. The third-order valence-electron chi connectivity index (χ3n) is 11.8. The molecule has 27 nitrogen and oxygen atoms in total. The molecule has 1 heterocycles. The standard InChI is InChI=1S/C46H75F3N16O11/c1-24(59-43(73)37(35(66)22-53)64-39(69)29(54)9-2-4-14-50)38(68)58-23-36(67)60-31(11-6-16-52)44(74)65-18-8-13-34(65)42(72)63-33(20-25-19-27(48)28(49)21-26(25)47)41(71)61-30(10-3-5-15-51)40(70)62-32(45(75)76)12-7-17-57-46(55)56/h12,19,21,24,29-31,33-35,37,66H,2-11,13-18,20,22-23,50-54H2,1H3,(H,58,68)(H,59,73)(H,60,67)(H,61,71)(H,62,70)(H,63,72)(H,64,69)(H,75,76)(H4,55,56,57)/b32-12-/t24-,29-,30-,31+,33-,34-,35-,37-/m0/s1. The van der Waals surface area contributed by atoms with Crippen LogP contribution >= 0.6 is 0 Å². The molecule has 0 aliphatic carbocycles. The minimum atomic E-state index is -1.84. The van der Waals surface area contributed by atoms with Gasteiger partial charge < -0.3 is 92.5 Å². The van der Waals surface area contributed by atoms with E-state index in [9.17, 15) is 62.1 Å². The number of nitrogens with one attached hydrogen (secondary N) is 7. The molecule has 0 aromatic heterocycles. The zero-order valence-electron chi connectivity index (χ0n) is 42.4. The molecule has 0 unspecified atom stereocenters. The summed E-state index contributed by atoms with van der Waals surface area (Å²) in [6, 6.07) is -9.27. The van der Waals surface area contributed by atoms with E-state index in [1.807, 2.05) is 0 Å². The highest BCUT2D eigenvalue weighted by Crippen LogP contribution is 2.21. The van der Waals surface area contributed by atoms with E-state index in [2.05, 4.69) is 42.2 Å². The number of rotatable bonds is 34. The maximum atomic E-state index is 15.1. The van der Waals surface area contributed by atoms with Crippen molar-refractivity contribution in [2.24, 2.45) is 45.1 Å². The van der Waals surface area contributed by atoms with Gasteiger partial charge in [-0.15, -0.1) is 0 Å². The number of aliphatic imine (C=N–C) groups is 1. The molecular weight excluding hydrogens is 1010 g/mol. The monoisotopic (exact) mass is 1080 g/mol. The number of hydrogen-bond donors (Lipinski definition) is 16. The van der Waals surface area contributed by atoms with Crippen LogP contribution in [0.15, 0.2) is 28.9 Å². The highest BCUT2D eigenvalue weighted by atomic mass is 19.2. The van der Waals surface area contributed by atoms with Crippen LogP contribution in [-0.2, 0) is 49.6 Å². The summed E-state index contributed by atoms with van der Waals surface area (Å²) in [6.07, 6.45) is 0.906. The maximum Gasteiger partial charge on any atom is 0.352 e. The summed E-state index contributed by atoms with van der Waals surface area (Å²) in [5, 5.41) is 36.7. The Morgan fingerprint density at radius 1 is 0.750 bits per heavy atom. The fourth-order valence-electron chi connectivity index (χ4n) is 7.66. The Morgan fingerprint density at radius 3 is 2.00 bits per heavy atom. The summed E-state index contributed by atoms with van der Waals surface area (Å²) >= 11 is 0. The molecule has 8 amide bonds. The van der Waals surface area contributed by atoms with Crippen LogP contribution in [0, 0.1) is 17.5 Å². The highest BCUT2D eigenvalue weighted by Gasteiger charge is 2.40. The predicted octanol–water partition coefficient (Wildman–Crippen LogP) is -5.41.